The third-order valence-electron chi connectivity index (χ3n) is 4.08. The second-order valence-corrected chi connectivity index (χ2v) is 7.31. The summed E-state index contributed by atoms with van der Waals surface area (Å²) >= 11 is 3.35. The van der Waals surface area contributed by atoms with E-state index in [0.29, 0.717) is 17.0 Å². The molecule has 0 aliphatic rings. The van der Waals surface area contributed by atoms with E-state index < -0.39 is 10.8 Å². The number of rotatable bonds is 8. The maximum atomic E-state index is 12.2. The van der Waals surface area contributed by atoms with Gasteiger partial charge in [0.05, 0.1) is 11.1 Å². The summed E-state index contributed by atoms with van der Waals surface area (Å²) in [6.07, 6.45) is 1.35. The maximum absolute atomic E-state index is 12.2. The largest absolute Gasteiger partial charge is 0.483 e. The zero-order chi connectivity index (χ0) is 22.9. The van der Waals surface area contributed by atoms with Crippen LogP contribution < -0.4 is 15.5 Å². The average Bonchev–Trinajstić information content (AvgIpc) is 2.79. The van der Waals surface area contributed by atoms with Gasteiger partial charge >= 0.3 is 0 Å². The quantitative estimate of drug-likeness (QED) is 0.275. The summed E-state index contributed by atoms with van der Waals surface area (Å²) in [4.78, 5) is 34.6. The Hall–Kier alpha value is -4.05. The summed E-state index contributed by atoms with van der Waals surface area (Å²) in [6, 6.07) is 19.4. The highest BCUT2D eigenvalue weighted by Crippen LogP contribution is 2.22. The Balaban J connectivity index is 1.63. The van der Waals surface area contributed by atoms with Gasteiger partial charge in [0, 0.05) is 33.4 Å². The fourth-order valence-corrected chi connectivity index (χ4v) is 2.98. The Morgan fingerprint density at radius 3 is 2.59 bits per heavy atom. The summed E-state index contributed by atoms with van der Waals surface area (Å²) in [6.45, 7) is -0.225. The van der Waals surface area contributed by atoms with E-state index in [9.17, 15) is 19.7 Å². The first-order valence-electron chi connectivity index (χ1n) is 9.27. The number of hydrogen-bond acceptors (Lipinski definition) is 6. The number of benzene rings is 3. The van der Waals surface area contributed by atoms with Crippen LogP contribution in [0.25, 0.3) is 0 Å². The molecule has 9 nitrogen and oxygen atoms in total. The minimum absolute atomic E-state index is 0.0969. The van der Waals surface area contributed by atoms with Crippen molar-refractivity contribution in [1.82, 2.24) is 5.43 Å². The molecule has 0 spiro atoms. The normalized spacial score (nSPS) is 10.5. The molecule has 10 heteroatoms. The third kappa shape index (κ3) is 6.47. The first-order chi connectivity index (χ1) is 15.4. The van der Waals surface area contributed by atoms with Crippen molar-refractivity contribution < 1.29 is 19.2 Å². The van der Waals surface area contributed by atoms with E-state index in [0.717, 1.165) is 10.5 Å². The smallest absolute Gasteiger partial charge is 0.271 e. The second-order valence-electron chi connectivity index (χ2n) is 6.39. The molecule has 0 atom stereocenters. The van der Waals surface area contributed by atoms with Crippen LogP contribution in [0.15, 0.2) is 82.4 Å². The molecule has 32 heavy (non-hydrogen) atoms. The minimum Gasteiger partial charge on any atom is -0.483 e. The molecule has 0 fully saturated rings. The summed E-state index contributed by atoms with van der Waals surface area (Å²) in [5.74, 6) is -0.560. The fraction of sp³-hybridized carbons (Fsp3) is 0.0455. The van der Waals surface area contributed by atoms with Crippen LogP contribution in [0.3, 0.4) is 0 Å². The van der Waals surface area contributed by atoms with Gasteiger partial charge in [-0.1, -0.05) is 40.2 Å². The van der Waals surface area contributed by atoms with Gasteiger partial charge in [-0.05, 0) is 36.4 Å². The molecule has 0 aliphatic carbocycles. The van der Waals surface area contributed by atoms with Gasteiger partial charge in [-0.2, -0.15) is 5.10 Å². The Kier molecular flexibility index (Phi) is 7.65. The van der Waals surface area contributed by atoms with Crippen molar-refractivity contribution in [1.29, 1.82) is 0 Å². The van der Waals surface area contributed by atoms with Gasteiger partial charge in [-0.3, -0.25) is 19.7 Å². The van der Waals surface area contributed by atoms with Crippen molar-refractivity contribution >= 4 is 45.3 Å². The molecular formula is C22H17BrN4O5. The van der Waals surface area contributed by atoms with Crippen molar-refractivity contribution in [2.24, 2.45) is 5.10 Å². The predicted molar refractivity (Wildman–Crippen MR) is 123 cm³/mol. The van der Waals surface area contributed by atoms with E-state index >= 15 is 0 Å². The van der Waals surface area contributed by atoms with Gasteiger partial charge in [-0.15, -0.1) is 0 Å². The number of nitrogens with one attached hydrogen (secondary N) is 2. The summed E-state index contributed by atoms with van der Waals surface area (Å²) in [7, 11) is 0. The van der Waals surface area contributed by atoms with Crippen molar-refractivity contribution in [3.63, 3.8) is 0 Å². The van der Waals surface area contributed by atoms with Gasteiger partial charge < -0.3 is 10.1 Å². The van der Waals surface area contributed by atoms with E-state index in [1.165, 1.54) is 24.4 Å². The standard InChI is InChI=1S/C22H17BrN4O5/c23-17-9-10-20(32-14-21(28)25-18-6-2-1-3-7-18)16(11-17)13-24-26-22(29)15-5-4-8-19(12-15)27(30)31/h1-13H,14H2,(H,25,28)(H,26,29)/b24-13+. The van der Waals surface area contributed by atoms with Crippen LogP contribution in [-0.2, 0) is 4.79 Å². The SMILES string of the molecule is O=C(COc1ccc(Br)cc1/C=N/NC(=O)c1cccc([N+](=O)[O-])c1)Nc1ccccc1. The number of carbonyl (C=O) groups excluding carboxylic acids is 2. The van der Waals surface area contributed by atoms with Gasteiger partial charge in [0.2, 0.25) is 0 Å². The molecule has 2 amide bonds. The molecule has 3 aromatic carbocycles. The summed E-state index contributed by atoms with van der Waals surface area (Å²) in [5, 5.41) is 17.5. The zero-order valence-electron chi connectivity index (χ0n) is 16.5. The number of non-ortho nitro benzene ring substituents is 1. The molecule has 0 bridgehead atoms. The number of anilines is 1. The van der Waals surface area contributed by atoms with E-state index in [-0.39, 0.29) is 23.8 Å². The molecule has 0 aliphatic heterocycles. The maximum Gasteiger partial charge on any atom is 0.271 e. The first kappa shape index (κ1) is 22.6. The molecule has 0 aromatic heterocycles. The van der Waals surface area contributed by atoms with E-state index in [2.05, 4.69) is 31.8 Å². The predicted octanol–water partition coefficient (Wildman–Crippen LogP) is 4.14. The van der Waals surface area contributed by atoms with E-state index in [4.69, 9.17) is 4.74 Å². The van der Waals surface area contributed by atoms with Crippen molar-refractivity contribution in [3.8, 4) is 5.75 Å². The highest BCUT2D eigenvalue weighted by Gasteiger charge is 2.11. The van der Waals surface area contributed by atoms with Gasteiger partial charge in [-0.25, -0.2) is 5.43 Å². The lowest BCUT2D eigenvalue weighted by Crippen LogP contribution is -2.20. The Morgan fingerprint density at radius 2 is 1.84 bits per heavy atom. The lowest BCUT2D eigenvalue weighted by molar-refractivity contribution is -0.384. The number of hydrogen-bond donors (Lipinski definition) is 2. The summed E-state index contributed by atoms with van der Waals surface area (Å²) in [5.41, 5.74) is 3.38. The second kappa shape index (κ2) is 10.8. The molecule has 2 N–H and O–H groups in total. The van der Waals surface area contributed by atoms with E-state index in [1.807, 2.05) is 18.2 Å². The lowest BCUT2D eigenvalue weighted by atomic mass is 10.2. The zero-order valence-corrected chi connectivity index (χ0v) is 18.1. The Bertz CT molecular complexity index is 1170. The van der Waals surface area contributed by atoms with Crippen LogP contribution in [0.5, 0.6) is 5.75 Å². The highest BCUT2D eigenvalue weighted by molar-refractivity contribution is 9.10. The molecular weight excluding hydrogens is 480 g/mol. The molecule has 0 unspecified atom stereocenters. The Morgan fingerprint density at radius 1 is 1.06 bits per heavy atom. The molecule has 0 saturated carbocycles. The van der Waals surface area contributed by atoms with Crippen LogP contribution in [0, 0.1) is 10.1 Å². The number of carbonyl (C=O) groups is 2. The third-order valence-corrected chi connectivity index (χ3v) is 4.57. The number of para-hydroxylation sites is 1. The minimum atomic E-state index is -0.607. The molecule has 0 radical (unpaired) electrons. The summed E-state index contributed by atoms with van der Waals surface area (Å²) < 4.78 is 6.34. The van der Waals surface area contributed by atoms with Crippen LogP contribution in [0.4, 0.5) is 11.4 Å². The lowest BCUT2D eigenvalue weighted by Gasteiger charge is -2.10. The monoisotopic (exact) mass is 496 g/mol. The number of halogens is 1. The Labute approximate surface area is 191 Å². The topological polar surface area (TPSA) is 123 Å². The van der Waals surface area contributed by atoms with Crippen molar-refractivity contribution in [2.45, 2.75) is 0 Å². The number of nitro groups is 1. The first-order valence-corrected chi connectivity index (χ1v) is 10.1. The molecule has 0 saturated heterocycles. The van der Waals surface area contributed by atoms with Gasteiger partial charge in [0.25, 0.3) is 17.5 Å². The molecule has 0 heterocycles. The highest BCUT2D eigenvalue weighted by atomic mass is 79.9. The van der Waals surface area contributed by atoms with Gasteiger partial charge in [0.1, 0.15) is 5.75 Å². The van der Waals surface area contributed by atoms with Crippen LogP contribution >= 0.6 is 15.9 Å². The number of hydrazone groups is 1. The van der Waals surface area contributed by atoms with Crippen molar-refractivity contribution in [3.05, 3.63) is 98.5 Å². The molecule has 3 rings (SSSR count). The van der Waals surface area contributed by atoms with Gasteiger partial charge in [0.15, 0.2) is 6.61 Å². The van der Waals surface area contributed by atoms with Crippen LogP contribution in [0.2, 0.25) is 0 Å². The molecule has 3 aromatic rings. The number of nitrogens with zero attached hydrogens (tertiary/aromatic N) is 2. The van der Waals surface area contributed by atoms with Crippen LogP contribution in [-0.4, -0.2) is 29.6 Å². The number of nitro benzene ring substituents is 1. The molecule has 162 valence electrons. The number of ether oxygens (including phenoxy) is 1. The van der Waals surface area contributed by atoms with E-state index in [1.54, 1.807) is 30.3 Å². The fourth-order valence-electron chi connectivity index (χ4n) is 2.60. The van der Waals surface area contributed by atoms with Crippen molar-refractivity contribution in [2.75, 3.05) is 11.9 Å². The number of amides is 2. The van der Waals surface area contributed by atoms with Crippen LogP contribution in [0.1, 0.15) is 15.9 Å². The average molecular weight is 497 g/mol.